The van der Waals surface area contributed by atoms with Crippen LogP contribution < -0.4 is 11.1 Å². The first-order valence-corrected chi connectivity index (χ1v) is 6.41. The number of hydrogen-bond donors (Lipinski definition) is 2. The van der Waals surface area contributed by atoms with Gasteiger partial charge >= 0.3 is 6.09 Å². The zero-order valence-corrected chi connectivity index (χ0v) is 12.1. The lowest BCUT2D eigenvalue weighted by Gasteiger charge is -2.05. The highest BCUT2D eigenvalue weighted by Gasteiger charge is 2.03. The summed E-state index contributed by atoms with van der Waals surface area (Å²) in [7, 11) is 0. The second-order valence-corrected chi connectivity index (χ2v) is 2.88. The topological polar surface area (TPSA) is 81.4 Å². The minimum atomic E-state index is -0.655. The van der Waals surface area contributed by atoms with Gasteiger partial charge in [0.2, 0.25) is 5.91 Å². The van der Waals surface area contributed by atoms with E-state index in [-0.39, 0.29) is 16.0 Å². The van der Waals surface area contributed by atoms with Crippen molar-refractivity contribution >= 4 is 12.0 Å². The molecule has 1 rings (SSSR count). The van der Waals surface area contributed by atoms with Crippen LogP contribution in [0.25, 0.3) is 0 Å². The van der Waals surface area contributed by atoms with Crippen LogP contribution in [0.3, 0.4) is 0 Å². The fourth-order valence-electron chi connectivity index (χ4n) is 0.933. The van der Waals surface area contributed by atoms with Crippen molar-refractivity contribution < 1.29 is 17.2 Å². The van der Waals surface area contributed by atoms with Crippen LogP contribution in [0.2, 0.25) is 0 Å². The standard InChI is InChI=1S/C10H12N2O3.2C2H6.2H2/c11-9(13)6-12-10(14)15-7-8-4-2-1-3-5-8;2*1-2;;/h1-5H,6-7H2,(H2,11,13)(H,12,14);2*1-2H3;2*1H. The smallest absolute Gasteiger partial charge is 0.407 e. The second kappa shape index (κ2) is 14.0. The molecule has 0 radical (unpaired) electrons. The zero-order chi connectivity index (χ0) is 15.1. The van der Waals surface area contributed by atoms with E-state index in [4.69, 9.17) is 10.5 Å². The van der Waals surface area contributed by atoms with Crippen LogP contribution in [0, 0.1) is 0 Å². The van der Waals surface area contributed by atoms with Crippen molar-refractivity contribution in [1.29, 1.82) is 0 Å². The fourth-order valence-corrected chi connectivity index (χ4v) is 0.933. The number of amides is 2. The number of nitrogens with two attached hydrogens (primary N) is 1. The molecule has 0 fully saturated rings. The molecule has 0 spiro atoms. The molecule has 0 saturated carbocycles. The van der Waals surface area contributed by atoms with Crippen molar-refractivity contribution in [3.05, 3.63) is 35.9 Å². The van der Waals surface area contributed by atoms with Gasteiger partial charge in [0.25, 0.3) is 0 Å². The second-order valence-electron chi connectivity index (χ2n) is 2.88. The molecule has 112 valence electrons. The monoisotopic (exact) mass is 272 g/mol. The van der Waals surface area contributed by atoms with Crippen molar-refractivity contribution in [1.82, 2.24) is 5.32 Å². The SMILES string of the molecule is CC.CC.NC(=O)CNC(=O)OCc1ccccc1.[HH].[HH]. The Kier molecular flexibility index (Phi) is 14.2. The van der Waals surface area contributed by atoms with Gasteiger partial charge < -0.3 is 15.8 Å². The summed E-state index contributed by atoms with van der Waals surface area (Å²) >= 11 is 0. The van der Waals surface area contributed by atoms with E-state index >= 15 is 0 Å². The highest BCUT2D eigenvalue weighted by molar-refractivity contribution is 5.80. The van der Waals surface area contributed by atoms with E-state index in [1.54, 1.807) is 0 Å². The van der Waals surface area contributed by atoms with Crippen LogP contribution in [0.4, 0.5) is 4.79 Å². The average molecular weight is 272 g/mol. The third-order valence-electron chi connectivity index (χ3n) is 1.62. The largest absolute Gasteiger partial charge is 0.445 e. The molecule has 1 aromatic rings. The molecule has 0 unspecified atom stereocenters. The van der Waals surface area contributed by atoms with Crippen LogP contribution in [0.5, 0.6) is 0 Å². The summed E-state index contributed by atoms with van der Waals surface area (Å²) in [4.78, 5) is 21.3. The van der Waals surface area contributed by atoms with Crippen molar-refractivity contribution in [2.45, 2.75) is 34.3 Å². The van der Waals surface area contributed by atoms with E-state index in [1.807, 2.05) is 58.0 Å². The lowest BCUT2D eigenvalue weighted by Crippen LogP contribution is -2.33. The predicted molar refractivity (Wildman–Crippen MR) is 80.7 cm³/mol. The summed E-state index contributed by atoms with van der Waals surface area (Å²) in [5.41, 5.74) is 5.72. The number of hydrogen-bond acceptors (Lipinski definition) is 3. The molecule has 0 bridgehead atoms. The summed E-state index contributed by atoms with van der Waals surface area (Å²) in [6.45, 7) is 7.96. The highest BCUT2D eigenvalue weighted by atomic mass is 16.5. The normalized spacial score (nSPS) is 8.00. The van der Waals surface area contributed by atoms with E-state index in [0.717, 1.165) is 5.56 Å². The lowest BCUT2D eigenvalue weighted by atomic mass is 10.2. The highest BCUT2D eigenvalue weighted by Crippen LogP contribution is 2.00. The first kappa shape index (κ1) is 19.3. The van der Waals surface area contributed by atoms with Gasteiger partial charge in [-0.15, -0.1) is 0 Å². The number of carbonyl (C=O) groups excluding carboxylic acids is 2. The Morgan fingerprint density at radius 1 is 1.16 bits per heavy atom. The maximum absolute atomic E-state index is 11.0. The van der Waals surface area contributed by atoms with Gasteiger partial charge in [0.05, 0.1) is 6.54 Å². The van der Waals surface area contributed by atoms with E-state index < -0.39 is 12.0 Å². The van der Waals surface area contributed by atoms with Gasteiger partial charge in [-0.3, -0.25) is 4.79 Å². The van der Waals surface area contributed by atoms with Gasteiger partial charge in [0.1, 0.15) is 6.61 Å². The summed E-state index contributed by atoms with van der Waals surface area (Å²) < 4.78 is 4.82. The third kappa shape index (κ3) is 12.2. The van der Waals surface area contributed by atoms with Gasteiger partial charge in [-0.1, -0.05) is 58.0 Å². The molecule has 0 aromatic heterocycles. The van der Waals surface area contributed by atoms with E-state index in [0.29, 0.717) is 0 Å². The minimum Gasteiger partial charge on any atom is -0.445 e. The van der Waals surface area contributed by atoms with Crippen LogP contribution >= 0.6 is 0 Å². The predicted octanol–water partition coefficient (Wildman–Crippen LogP) is 2.94. The summed E-state index contributed by atoms with van der Waals surface area (Å²) in [6, 6.07) is 9.24. The molecule has 0 aliphatic rings. The summed E-state index contributed by atoms with van der Waals surface area (Å²) in [5, 5.41) is 2.22. The lowest BCUT2D eigenvalue weighted by molar-refractivity contribution is -0.117. The molecule has 0 atom stereocenters. The number of primary amides is 1. The number of carbonyl (C=O) groups is 2. The van der Waals surface area contributed by atoms with Crippen LogP contribution in [0.15, 0.2) is 30.3 Å². The van der Waals surface area contributed by atoms with Crippen molar-refractivity contribution in [3.8, 4) is 0 Å². The summed E-state index contributed by atoms with van der Waals surface area (Å²) in [6.07, 6.45) is -0.655. The van der Waals surface area contributed by atoms with Gasteiger partial charge in [0.15, 0.2) is 0 Å². The number of alkyl carbamates (subject to hydrolysis) is 1. The number of nitrogens with one attached hydrogen (secondary N) is 1. The quantitative estimate of drug-likeness (QED) is 0.884. The molecule has 5 heteroatoms. The van der Waals surface area contributed by atoms with Crippen LogP contribution in [-0.4, -0.2) is 18.5 Å². The first-order chi connectivity index (χ1) is 9.18. The Labute approximate surface area is 118 Å². The van der Waals surface area contributed by atoms with Gasteiger partial charge in [-0.2, -0.15) is 0 Å². The van der Waals surface area contributed by atoms with E-state index in [2.05, 4.69) is 5.32 Å². The van der Waals surface area contributed by atoms with E-state index in [1.165, 1.54) is 0 Å². The van der Waals surface area contributed by atoms with Gasteiger partial charge in [-0.25, -0.2) is 4.79 Å². The summed E-state index contributed by atoms with van der Waals surface area (Å²) in [5.74, 6) is -0.605. The zero-order valence-electron chi connectivity index (χ0n) is 12.1. The molecular weight excluding hydrogens is 244 g/mol. The Bertz CT molecular complexity index is 349. The molecule has 5 nitrogen and oxygen atoms in total. The number of rotatable bonds is 4. The Balaban J connectivity index is -0.000000221. The molecule has 2 amide bonds. The van der Waals surface area contributed by atoms with E-state index in [9.17, 15) is 9.59 Å². The van der Waals surface area contributed by atoms with Crippen molar-refractivity contribution in [2.24, 2.45) is 5.73 Å². The third-order valence-corrected chi connectivity index (χ3v) is 1.62. The molecule has 0 aliphatic carbocycles. The van der Waals surface area contributed by atoms with Crippen molar-refractivity contribution in [2.75, 3.05) is 6.54 Å². The molecule has 0 saturated heterocycles. The Morgan fingerprint density at radius 2 is 1.68 bits per heavy atom. The Morgan fingerprint density at radius 3 is 2.16 bits per heavy atom. The van der Waals surface area contributed by atoms with Crippen LogP contribution in [0.1, 0.15) is 36.1 Å². The Hall–Kier alpha value is -2.04. The molecule has 19 heavy (non-hydrogen) atoms. The maximum Gasteiger partial charge on any atom is 0.407 e. The first-order valence-electron chi connectivity index (χ1n) is 6.41. The molecule has 3 N–H and O–H groups in total. The number of benzene rings is 1. The van der Waals surface area contributed by atoms with Crippen molar-refractivity contribution in [3.63, 3.8) is 0 Å². The molecule has 1 aromatic carbocycles. The number of ether oxygens (including phenoxy) is 1. The van der Waals surface area contributed by atoms with Gasteiger partial charge in [-0.05, 0) is 5.56 Å². The van der Waals surface area contributed by atoms with Crippen LogP contribution in [-0.2, 0) is 16.1 Å². The van der Waals surface area contributed by atoms with Gasteiger partial charge in [0, 0.05) is 2.85 Å². The molecule has 0 aliphatic heterocycles. The molecular formula is C14H28N2O3. The minimum absolute atomic E-state index is 0. The average Bonchev–Trinajstić information content (AvgIpc) is 2.48. The molecule has 0 heterocycles. The maximum atomic E-state index is 11.0. The fraction of sp³-hybridized carbons (Fsp3) is 0.429.